The van der Waals surface area contributed by atoms with Crippen LogP contribution in [0.2, 0.25) is 0 Å². The Hall–Kier alpha value is -1.18. The highest BCUT2D eigenvalue weighted by atomic mass is 16.5. The molecule has 120 valence electrons. The summed E-state index contributed by atoms with van der Waals surface area (Å²) in [5.74, 6) is -0.306. The molecule has 0 heterocycles. The summed E-state index contributed by atoms with van der Waals surface area (Å²) in [5.41, 5.74) is 0. The van der Waals surface area contributed by atoms with Gasteiger partial charge in [-0.15, -0.1) is 0 Å². The summed E-state index contributed by atoms with van der Waals surface area (Å²) in [6.07, 6.45) is 0. The number of aliphatic hydroxyl groups excluding tert-OH is 1. The van der Waals surface area contributed by atoms with Gasteiger partial charge < -0.3 is 20.5 Å². The van der Waals surface area contributed by atoms with E-state index in [0.717, 1.165) is 20.2 Å². The van der Waals surface area contributed by atoms with E-state index in [4.69, 9.17) is 9.84 Å². The SMILES string of the molecule is CNCCN(CCOC(C)=O)CC(=O)NC(C)C.CO. The summed E-state index contributed by atoms with van der Waals surface area (Å²) in [6, 6.07) is 0.136. The highest BCUT2D eigenvalue weighted by Crippen LogP contribution is 1.90. The largest absolute Gasteiger partial charge is 0.465 e. The van der Waals surface area contributed by atoms with Crippen molar-refractivity contribution in [3.05, 3.63) is 0 Å². The van der Waals surface area contributed by atoms with Crippen molar-refractivity contribution in [3.8, 4) is 0 Å². The maximum Gasteiger partial charge on any atom is 0.302 e. The van der Waals surface area contributed by atoms with Crippen molar-refractivity contribution in [2.45, 2.75) is 26.8 Å². The van der Waals surface area contributed by atoms with Crippen LogP contribution < -0.4 is 10.6 Å². The summed E-state index contributed by atoms with van der Waals surface area (Å²) in [6.45, 7) is 7.95. The Balaban J connectivity index is 0. The number of carbonyl (C=O) groups is 2. The minimum absolute atomic E-state index is 0.0103. The van der Waals surface area contributed by atoms with Crippen molar-refractivity contribution in [1.82, 2.24) is 15.5 Å². The smallest absolute Gasteiger partial charge is 0.302 e. The lowest BCUT2D eigenvalue weighted by atomic mass is 10.3. The van der Waals surface area contributed by atoms with Crippen LogP contribution in [0.4, 0.5) is 0 Å². The summed E-state index contributed by atoms with van der Waals surface area (Å²) < 4.78 is 4.88. The standard InChI is InChI=1S/C12H25N3O3.CH4O/c1-10(2)14-12(17)9-15(6-5-13-4)7-8-18-11(3)16;1-2/h10,13H,5-9H2,1-4H3,(H,14,17);2H,1H3. The van der Waals surface area contributed by atoms with Crippen LogP contribution in [0.5, 0.6) is 0 Å². The molecule has 0 aromatic rings. The average Bonchev–Trinajstić information content (AvgIpc) is 2.36. The molecule has 0 spiro atoms. The third kappa shape index (κ3) is 14.9. The van der Waals surface area contributed by atoms with Crippen LogP contribution >= 0.6 is 0 Å². The Morgan fingerprint density at radius 1 is 1.25 bits per heavy atom. The van der Waals surface area contributed by atoms with Crippen molar-refractivity contribution in [2.75, 3.05) is 46.9 Å². The number of esters is 1. The molecule has 0 bridgehead atoms. The van der Waals surface area contributed by atoms with Crippen molar-refractivity contribution < 1.29 is 19.4 Å². The van der Waals surface area contributed by atoms with E-state index in [0.29, 0.717) is 19.7 Å². The highest BCUT2D eigenvalue weighted by molar-refractivity contribution is 5.78. The fourth-order valence-corrected chi connectivity index (χ4v) is 1.43. The molecular weight excluding hydrogens is 262 g/mol. The Labute approximate surface area is 121 Å². The third-order valence-corrected chi connectivity index (χ3v) is 2.21. The molecule has 0 atom stereocenters. The lowest BCUT2D eigenvalue weighted by Gasteiger charge is -2.22. The molecule has 0 radical (unpaired) electrons. The van der Waals surface area contributed by atoms with E-state index in [2.05, 4.69) is 10.6 Å². The number of rotatable bonds is 9. The predicted octanol–water partition coefficient (Wildman–Crippen LogP) is -0.796. The number of ether oxygens (including phenoxy) is 1. The Bertz CT molecular complexity index is 260. The first kappa shape index (κ1) is 21.1. The summed E-state index contributed by atoms with van der Waals surface area (Å²) >= 11 is 0. The molecule has 3 N–H and O–H groups in total. The number of nitrogens with one attached hydrogen (secondary N) is 2. The zero-order valence-corrected chi connectivity index (χ0v) is 13.2. The van der Waals surface area contributed by atoms with Crippen molar-refractivity contribution in [2.24, 2.45) is 0 Å². The van der Waals surface area contributed by atoms with Gasteiger partial charge >= 0.3 is 5.97 Å². The van der Waals surface area contributed by atoms with Gasteiger partial charge in [0.25, 0.3) is 0 Å². The van der Waals surface area contributed by atoms with Gasteiger partial charge in [-0.2, -0.15) is 0 Å². The van der Waals surface area contributed by atoms with Crippen LogP contribution in [-0.2, 0) is 14.3 Å². The normalized spacial score (nSPS) is 10.0. The van der Waals surface area contributed by atoms with Gasteiger partial charge in [0.15, 0.2) is 0 Å². The zero-order chi connectivity index (χ0) is 16.0. The lowest BCUT2D eigenvalue weighted by molar-refractivity contribution is -0.141. The van der Waals surface area contributed by atoms with E-state index in [1.54, 1.807) is 0 Å². The molecule has 7 nitrogen and oxygen atoms in total. The minimum Gasteiger partial charge on any atom is -0.465 e. The number of hydrogen-bond donors (Lipinski definition) is 3. The Kier molecular flexibility index (Phi) is 15.0. The fourth-order valence-electron chi connectivity index (χ4n) is 1.43. The second-order valence-electron chi connectivity index (χ2n) is 4.44. The minimum atomic E-state index is -0.296. The molecule has 0 aliphatic carbocycles. The maximum absolute atomic E-state index is 11.6. The zero-order valence-electron chi connectivity index (χ0n) is 13.2. The molecule has 7 heteroatoms. The van der Waals surface area contributed by atoms with E-state index in [-0.39, 0.29) is 17.9 Å². The molecule has 20 heavy (non-hydrogen) atoms. The number of amides is 1. The topological polar surface area (TPSA) is 90.9 Å². The summed E-state index contributed by atoms with van der Waals surface area (Å²) in [5, 5.41) is 12.9. The molecule has 0 aromatic carbocycles. The van der Waals surface area contributed by atoms with Crippen LogP contribution in [0.25, 0.3) is 0 Å². The molecule has 0 rings (SSSR count). The van der Waals surface area contributed by atoms with Gasteiger partial charge in [-0.3, -0.25) is 14.5 Å². The van der Waals surface area contributed by atoms with Crippen LogP contribution in [0.1, 0.15) is 20.8 Å². The first-order chi connectivity index (χ1) is 9.45. The monoisotopic (exact) mass is 291 g/mol. The first-order valence-electron chi connectivity index (χ1n) is 6.70. The molecule has 0 aliphatic rings. The van der Waals surface area contributed by atoms with Crippen LogP contribution in [0, 0.1) is 0 Å². The molecule has 0 aliphatic heterocycles. The molecular formula is C13H29N3O4. The van der Waals surface area contributed by atoms with Crippen molar-refractivity contribution in [3.63, 3.8) is 0 Å². The van der Waals surface area contributed by atoms with Gasteiger partial charge in [0.2, 0.25) is 5.91 Å². The quantitative estimate of drug-likeness (QED) is 0.482. The first-order valence-corrected chi connectivity index (χ1v) is 6.70. The fraction of sp³-hybridized carbons (Fsp3) is 0.846. The number of carbonyl (C=O) groups excluding carboxylic acids is 2. The van der Waals surface area contributed by atoms with E-state index in [1.807, 2.05) is 25.8 Å². The molecule has 0 unspecified atom stereocenters. The summed E-state index contributed by atoms with van der Waals surface area (Å²) in [7, 11) is 2.86. The second-order valence-corrected chi connectivity index (χ2v) is 4.44. The van der Waals surface area contributed by atoms with Crippen molar-refractivity contribution >= 4 is 11.9 Å². The van der Waals surface area contributed by atoms with Crippen molar-refractivity contribution in [1.29, 1.82) is 0 Å². The number of likely N-dealkylation sites (N-methyl/N-ethyl adjacent to an activating group) is 1. The molecule has 0 saturated carbocycles. The van der Waals surface area contributed by atoms with Gasteiger partial charge in [0, 0.05) is 39.7 Å². The Morgan fingerprint density at radius 3 is 2.30 bits per heavy atom. The number of nitrogens with zero attached hydrogens (tertiary/aromatic N) is 1. The van der Waals surface area contributed by atoms with Gasteiger partial charge in [-0.1, -0.05) is 0 Å². The number of aliphatic hydroxyl groups is 1. The van der Waals surface area contributed by atoms with Crippen LogP contribution in [0.15, 0.2) is 0 Å². The Morgan fingerprint density at radius 2 is 1.85 bits per heavy atom. The molecule has 0 fully saturated rings. The van der Waals surface area contributed by atoms with E-state index in [1.165, 1.54) is 6.92 Å². The van der Waals surface area contributed by atoms with Crippen LogP contribution in [-0.4, -0.2) is 74.9 Å². The highest BCUT2D eigenvalue weighted by Gasteiger charge is 2.11. The van der Waals surface area contributed by atoms with Crippen LogP contribution in [0.3, 0.4) is 0 Å². The second kappa shape index (κ2) is 14.2. The number of hydrogen-bond acceptors (Lipinski definition) is 6. The van der Waals surface area contributed by atoms with Gasteiger partial charge in [-0.25, -0.2) is 0 Å². The summed E-state index contributed by atoms with van der Waals surface area (Å²) in [4.78, 5) is 24.3. The molecule has 0 aromatic heterocycles. The maximum atomic E-state index is 11.6. The average molecular weight is 291 g/mol. The van der Waals surface area contributed by atoms with Gasteiger partial charge in [-0.05, 0) is 20.9 Å². The van der Waals surface area contributed by atoms with Gasteiger partial charge in [0.05, 0.1) is 6.54 Å². The van der Waals surface area contributed by atoms with E-state index < -0.39 is 0 Å². The van der Waals surface area contributed by atoms with E-state index in [9.17, 15) is 9.59 Å². The van der Waals surface area contributed by atoms with E-state index >= 15 is 0 Å². The third-order valence-electron chi connectivity index (χ3n) is 2.21. The lowest BCUT2D eigenvalue weighted by Crippen LogP contribution is -2.43. The molecule has 0 saturated heterocycles. The molecule has 1 amide bonds. The predicted molar refractivity (Wildman–Crippen MR) is 78.4 cm³/mol. The van der Waals surface area contributed by atoms with Gasteiger partial charge in [0.1, 0.15) is 6.61 Å².